The second-order valence-electron chi connectivity index (χ2n) is 9.42. The number of aliphatic hydroxyl groups is 1. The van der Waals surface area contributed by atoms with Gasteiger partial charge in [0, 0.05) is 19.3 Å². The van der Waals surface area contributed by atoms with Crippen LogP contribution in [0.25, 0.3) is 0 Å². The van der Waals surface area contributed by atoms with Gasteiger partial charge >= 0.3 is 0 Å². The molecule has 1 spiro atoms. The van der Waals surface area contributed by atoms with E-state index in [-0.39, 0.29) is 17.1 Å². The Labute approximate surface area is 144 Å². The van der Waals surface area contributed by atoms with Crippen LogP contribution in [0.1, 0.15) is 71.1 Å². The van der Waals surface area contributed by atoms with Gasteiger partial charge in [0.15, 0.2) is 0 Å². The first-order valence-electron chi connectivity index (χ1n) is 10.1. The van der Waals surface area contributed by atoms with Crippen LogP contribution in [0.15, 0.2) is 11.1 Å². The van der Waals surface area contributed by atoms with Gasteiger partial charge in [-0.15, -0.1) is 0 Å². The first-order chi connectivity index (χ1) is 11.5. The highest BCUT2D eigenvalue weighted by molar-refractivity contribution is 5.82. The molecule has 3 heteroatoms. The summed E-state index contributed by atoms with van der Waals surface area (Å²) in [6.07, 6.45) is 10.5. The van der Waals surface area contributed by atoms with Gasteiger partial charge in [-0.25, -0.2) is 0 Å². The Balaban J connectivity index is 1.46. The summed E-state index contributed by atoms with van der Waals surface area (Å²) in [5.41, 5.74) is 3.38. The van der Waals surface area contributed by atoms with Gasteiger partial charge in [0.1, 0.15) is 5.78 Å². The average Bonchev–Trinajstić information content (AvgIpc) is 3.08. The van der Waals surface area contributed by atoms with E-state index < -0.39 is 0 Å². The molecule has 0 aromatic heterocycles. The highest BCUT2D eigenvalue weighted by atomic mass is 16.5. The van der Waals surface area contributed by atoms with Crippen LogP contribution >= 0.6 is 0 Å². The number of carbonyl (C=O) groups excluding carboxylic acids is 1. The van der Waals surface area contributed by atoms with Crippen LogP contribution in [-0.2, 0) is 9.53 Å². The normalized spacial score (nSPS) is 50.8. The maximum atomic E-state index is 11.8. The minimum atomic E-state index is -0.261. The van der Waals surface area contributed by atoms with E-state index >= 15 is 0 Å². The molecule has 24 heavy (non-hydrogen) atoms. The fourth-order valence-electron chi connectivity index (χ4n) is 7.47. The lowest BCUT2D eigenvalue weighted by molar-refractivity contribution is -0.121. The third-order valence-electron chi connectivity index (χ3n) is 8.61. The van der Waals surface area contributed by atoms with E-state index in [2.05, 4.69) is 6.92 Å². The van der Waals surface area contributed by atoms with Crippen molar-refractivity contribution in [2.75, 3.05) is 6.61 Å². The van der Waals surface area contributed by atoms with Crippen molar-refractivity contribution in [1.82, 2.24) is 0 Å². The molecule has 3 fully saturated rings. The van der Waals surface area contributed by atoms with Crippen molar-refractivity contribution in [3.8, 4) is 0 Å². The molecule has 4 aliphatic carbocycles. The van der Waals surface area contributed by atoms with E-state index in [0.29, 0.717) is 12.4 Å². The van der Waals surface area contributed by atoms with E-state index in [1.165, 1.54) is 31.3 Å². The second kappa shape index (κ2) is 5.17. The Bertz CT molecular complexity index is 608. The Hall–Kier alpha value is -0.670. The summed E-state index contributed by atoms with van der Waals surface area (Å²) >= 11 is 0. The number of aliphatic hydroxyl groups excluding tert-OH is 1. The van der Waals surface area contributed by atoms with Crippen LogP contribution < -0.4 is 0 Å². The van der Waals surface area contributed by atoms with Crippen molar-refractivity contribution >= 4 is 5.78 Å². The summed E-state index contributed by atoms with van der Waals surface area (Å²) in [5, 5.41) is 10.1. The third-order valence-corrected chi connectivity index (χ3v) is 8.61. The minimum absolute atomic E-state index is 0.0563. The lowest BCUT2D eigenvalue weighted by Gasteiger charge is -2.54. The first kappa shape index (κ1) is 15.6. The quantitative estimate of drug-likeness (QED) is 0.687. The number of fused-ring (bicyclic) bond motifs is 5. The Morgan fingerprint density at radius 2 is 2.00 bits per heavy atom. The number of rotatable bonds is 0. The van der Waals surface area contributed by atoms with E-state index in [1.807, 2.05) is 0 Å². The fourth-order valence-corrected chi connectivity index (χ4v) is 7.47. The van der Waals surface area contributed by atoms with Crippen molar-refractivity contribution in [3.05, 3.63) is 11.1 Å². The zero-order chi connectivity index (χ0) is 16.5. The molecule has 0 aromatic rings. The van der Waals surface area contributed by atoms with E-state index in [1.54, 1.807) is 5.57 Å². The molecule has 1 saturated heterocycles. The molecule has 3 nitrogen and oxygen atoms in total. The molecular weight excluding hydrogens is 300 g/mol. The molecular formula is C21H30O3. The summed E-state index contributed by atoms with van der Waals surface area (Å²) < 4.78 is 6.28. The van der Waals surface area contributed by atoms with Crippen molar-refractivity contribution in [1.29, 1.82) is 0 Å². The summed E-state index contributed by atoms with van der Waals surface area (Å²) in [5.74, 6) is 2.73. The lowest BCUT2D eigenvalue weighted by atomic mass is 9.52. The van der Waals surface area contributed by atoms with Gasteiger partial charge in [-0.2, -0.15) is 0 Å². The van der Waals surface area contributed by atoms with Gasteiger partial charge in [-0.1, -0.05) is 18.1 Å². The van der Waals surface area contributed by atoms with Gasteiger partial charge in [-0.05, 0) is 68.1 Å². The Morgan fingerprint density at radius 3 is 2.79 bits per heavy atom. The van der Waals surface area contributed by atoms with Crippen molar-refractivity contribution < 1.29 is 14.6 Å². The number of Topliss-reactive ketones (excluding diaryl/α,β-unsaturated/α-hetero) is 1. The third kappa shape index (κ3) is 1.94. The highest BCUT2D eigenvalue weighted by Crippen LogP contribution is 2.67. The molecule has 1 aliphatic heterocycles. The van der Waals surface area contributed by atoms with Crippen LogP contribution in [0.4, 0.5) is 0 Å². The first-order valence-corrected chi connectivity index (χ1v) is 10.1. The molecule has 2 saturated carbocycles. The van der Waals surface area contributed by atoms with E-state index in [4.69, 9.17) is 4.74 Å². The summed E-state index contributed by atoms with van der Waals surface area (Å²) in [6, 6.07) is 0. The number of ketones is 1. The smallest absolute Gasteiger partial charge is 0.137 e. The molecule has 0 amide bonds. The van der Waals surface area contributed by atoms with Crippen LogP contribution in [0.2, 0.25) is 0 Å². The summed E-state index contributed by atoms with van der Waals surface area (Å²) in [4.78, 5) is 11.8. The number of allylic oxidation sites excluding steroid dienone is 2. The number of carbonyl (C=O) groups is 1. The van der Waals surface area contributed by atoms with Gasteiger partial charge in [0.05, 0.1) is 18.3 Å². The maximum absolute atomic E-state index is 11.8. The largest absolute Gasteiger partial charge is 0.391 e. The molecule has 5 aliphatic rings. The maximum Gasteiger partial charge on any atom is 0.137 e. The predicted octanol–water partition coefficient (Wildman–Crippen LogP) is 3.79. The van der Waals surface area contributed by atoms with Crippen molar-refractivity contribution in [2.24, 2.45) is 23.2 Å². The standard InChI is InChI=1S/C21H30O3/c1-20-8-6-17-16-5-3-14(22)10-13(16)2-4-18(17)19(20)7-9-21(20)11-15(23)12-24-21/h15,17-19,23H,2-12H2,1H3/t15?,17-,18-,19+,20+,21?/m1/s1. The number of hydrogen-bond donors (Lipinski definition) is 1. The molecule has 1 N–H and O–H groups in total. The topological polar surface area (TPSA) is 46.5 Å². The predicted molar refractivity (Wildman–Crippen MR) is 91.5 cm³/mol. The molecule has 132 valence electrons. The molecule has 0 aromatic carbocycles. The molecule has 0 radical (unpaired) electrons. The number of ether oxygens (including phenoxy) is 1. The minimum Gasteiger partial charge on any atom is -0.391 e. The summed E-state index contributed by atoms with van der Waals surface area (Å²) in [7, 11) is 0. The molecule has 2 unspecified atom stereocenters. The zero-order valence-corrected chi connectivity index (χ0v) is 14.9. The Morgan fingerprint density at radius 1 is 1.12 bits per heavy atom. The van der Waals surface area contributed by atoms with Crippen LogP contribution in [0, 0.1) is 23.2 Å². The molecule has 6 atom stereocenters. The van der Waals surface area contributed by atoms with E-state index in [0.717, 1.165) is 56.3 Å². The van der Waals surface area contributed by atoms with Crippen LogP contribution in [-0.4, -0.2) is 29.2 Å². The Kier molecular flexibility index (Phi) is 3.35. The monoisotopic (exact) mass is 330 g/mol. The zero-order valence-electron chi connectivity index (χ0n) is 14.9. The average molecular weight is 330 g/mol. The molecule has 0 bridgehead atoms. The van der Waals surface area contributed by atoms with Gasteiger partial charge in [0.25, 0.3) is 0 Å². The van der Waals surface area contributed by atoms with Crippen LogP contribution in [0.3, 0.4) is 0 Å². The van der Waals surface area contributed by atoms with Gasteiger partial charge < -0.3 is 9.84 Å². The van der Waals surface area contributed by atoms with E-state index in [9.17, 15) is 9.90 Å². The van der Waals surface area contributed by atoms with Crippen molar-refractivity contribution in [3.63, 3.8) is 0 Å². The highest BCUT2D eigenvalue weighted by Gasteiger charge is 2.64. The fraction of sp³-hybridized carbons (Fsp3) is 0.857. The molecule has 1 heterocycles. The summed E-state index contributed by atoms with van der Waals surface area (Å²) in [6.45, 7) is 3.00. The van der Waals surface area contributed by atoms with Gasteiger partial charge in [-0.3, -0.25) is 4.79 Å². The molecule has 5 rings (SSSR count). The second-order valence-corrected chi connectivity index (χ2v) is 9.42. The lowest BCUT2D eigenvalue weighted by Crippen LogP contribution is -2.51. The number of hydrogen-bond acceptors (Lipinski definition) is 3. The van der Waals surface area contributed by atoms with Crippen molar-refractivity contribution in [2.45, 2.75) is 82.8 Å². The van der Waals surface area contributed by atoms with Gasteiger partial charge in [0.2, 0.25) is 0 Å². The van der Waals surface area contributed by atoms with Crippen LogP contribution in [0.5, 0.6) is 0 Å². The SMILES string of the molecule is C[C@]12CC[C@@H]3C4=C(CC[C@H]3[C@@H]1CCC21CC(O)CO1)CC(=O)CC4.